The zero-order valence-corrected chi connectivity index (χ0v) is 23.3. The number of nitrogens with one attached hydrogen (secondary N) is 1. The number of carbonyl (C=O) groups is 1. The molecule has 0 unspecified atom stereocenters. The summed E-state index contributed by atoms with van der Waals surface area (Å²) >= 11 is 0. The second-order valence-corrected chi connectivity index (χ2v) is 9.58. The molecule has 0 bridgehead atoms. The van der Waals surface area contributed by atoms with Crippen LogP contribution in [0.25, 0.3) is 0 Å². The average Bonchev–Trinajstić information content (AvgIpc) is 3.48. The first-order chi connectivity index (χ1) is 17.6. The number of benzene rings is 1. The lowest BCUT2D eigenvalue weighted by Crippen LogP contribution is -2.27. The smallest absolute Gasteiger partial charge is 0.251 e. The first-order valence-electron chi connectivity index (χ1n) is 13.7. The number of hydrogen-bond acceptors (Lipinski definition) is 5. The Kier molecular flexibility index (Phi) is 13.8. The molecule has 0 aliphatic rings. The number of halogens is 1. The summed E-state index contributed by atoms with van der Waals surface area (Å²) in [7, 11) is 0. The van der Waals surface area contributed by atoms with E-state index in [1.165, 1.54) is 24.8 Å². The number of nitrogens with two attached hydrogens (primary N) is 1. The Balaban J connectivity index is 0.00000481. The molecule has 2 heterocycles. The summed E-state index contributed by atoms with van der Waals surface area (Å²) in [6, 6.07) is 7.95. The summed E-state index contributed by atoms with van der Waals surface area (Å²) < 4.78 is 3.86. The van der Waals surface area contributed by atoms with Crippen molar-refractivity contribution in [2.24, 2.45) is 0 Å². The minimum Gasteiger partial charge on any atom is -0.369 e. The molecule has 0 radical (unpaired) electrons. The van der Waals surface area contributed by atoms with Crippen LogP contribution in [0.2, 0.25) is 0 Å². The highest BCUT2D eigenvalue weighted by atomic mass is 35.5. The van der Waals surface area contributed by atoms with Gasteiger partial charge < -0.3 is 15.6 Å². The number of aromatic nitrogens is 5. The minimum atomic E-state index is -0.0487. The van der Waals surface area contributed by atoms with Crippen LogP contribution >= 0.6 is 12.4 Å². The lowest BCUT2D eigenvalue weighted by molar-refractivity contribution is 0.0952. The van der Waals surface area contributed by atoms with Crippen LogP contribution in [0.15, 0.2) is 36.7 Å². The van der Waals surface area contributed by atoms with Crippen molar-refractivity contribution in [3.63, 3.8) is 0 Å². The highest BCUT2D eigenvalue weighted by Gasteiger charge is 2.07. The fraction of sp³-hybridized carbons (Fsp3) is 0.571. The highest BCUT2D eigenvalue weighted by Crippen LogP contribution is 2.12. The van der Waals surface area contributed by atoms with E-state index in [4.69, 9.17) is 5.73 Å². The molecule has 0 aliphatic carbocycles. The number of nitrogens with zero attached hydrogens (tertiary/aromatic N) is 5. The van der Waals surface area contributed by atoms with E-state index < -0.39 is 0 Å². The van der Waals surface area contributed by atoms with Gasteiger partial charge in [-0.3, -0.25) is 9.48 Å². The lowest BCUT2D eigenvalue weighted by Gasteiger charge is -2.06. The summed E-state index contributed by atoms with van der Waals surface area (Å²) in [6.45, 7) is 6.46. The standard InChI is InChI=1S/C28H43N7O.ClH/c1-3-5-8-11-23-14-16-24(17-15-23)27(36)30-18-20-35-22-26(32-33-35)13-10-7-9-12-25-21-34(19-6-4-2)28(29)31-25;/h14-17,21-22H,3-13,18-20H2,1-2H3,(H2,29,31)(H,30,36);1H. The van der Waals surface area contributed by atoms with Gasteiger partial charge in [-0.2, -0.15) is 0 Å². The molecule has 0 saturated carbocycles. The first-order valence-corrected chi connectivity index (χ1v) is 13.7. The third kappa shape index (κ3) is 10.6. The summed E-state index contributed by atoms with van der Waals surface area (Å²) in [5.41, 5.74) is 10.1. The van der Waals surface area contributed by atoms with Crippen molar-refractivity contribution in [3.8, 4) is 0 Å². The molecule has 3 aromatic rings. The maximum atomic E-state index is 12.4. The molecule has 3 rings (SSSR count). The van der Waals surface area contributed by atoms with E-state index in [2.05, 4.69) is 57.4 Å². The topological polar surface area (TPSA) is 104 Å². The Morgan fingerprint density at radius 3 is 2.30 bits per heavy atom. The van der Waals surface area contributed by atoms with Gasteiger partial charge in [-0.25, -0.2) is 4.98 Å². The number of nitrogen functional groups attached to an aromatic ring is 1. The van der Waals surface area contributed by atoms with Crippen molar-refractivity contribution in [2.75, 3.05) is 12.3 Å². The zero-order chi connectivity index (χ0) is 25.6. The quantitative estimate of drug-likeness (QED) is 0.228. The molecule has 37 heavy (non-hydrogen) atoms. The molecule has 0 fully saturated rings. The summed E-state index contributed by atoms with van der Waals surface area (Å²) in [6.07, 6.45) is 16.2. The number of imidazole rings is 1. The van der Waals surface area contributed by atoms with Crippen molar-refractivity contribution in [1.29, 1.82) is 0 Å². The maximum Gasteiger partial charge on any atom is 0.251 e. The highest BCUT2D eigenvalue weighted by molar-refractivity contribution is 5.94. The fourth-order valence-corrected chi connectivity index (χ4v) is 4.25. The van der Waals surface area contributed by atoms with E-state index in [1.54, 1.807) is 4.68 Å². The number of carbonyl (C=O) groups excluding carboxylic acids is 1. The number of rotatable bonds is 17. The largest absolute Gasteiger partial charge is 0.369 e. The van der Waals surface area contributed by atoms with E-state index in [0.29, 0.717) is 24.6 Å². The predicted molar refractivity (Wildman–Crippen MR) is 152 cm³/mol. The van der Waals surface area contributed by atoms with Crippen LogP contribution in [-0.2, 0) is 32.4 Å². The summed E-state index contributed by atoms with van der Waals surface area (Å²) in [5, 5.41) is 11.5. The van der Waals surface area contributed by atoms with Crippen LogP contribution in [0, 0.1) is 0 Å². The van der Waals surface area contributed by atoms with Crippen molar-refractivity contribution in [3.05, 3.63) is 59.2 Å². The second-order valence-electron chi connectivity index (χ2n) is 9.58. The molecule has 1 aromatic carbocycles. The van der Waals surface area contributed by atoms with E-state index in [-0.39, 0.29) is 18.3 Å². The third-order valence-corrected chi connectivity index (χ3v) is 6.47. The normalized spacial score (nSPS) is 10.9. The maximum absolute atomic E-state index is 12.4. The van der Waals surface area contributed by atoms with Crippen LogP contribution in [-0.4, -0.2) is 37.0 Å². The fourth-order valence-electron chi connectivity index (χ4n) is 4.25. The third-order valence-electron chi connectivity index (χ3n) is 6.47. The molecule has 1 amide bonds. The molecule has 0 saturated heterocycles. The Morgan fingerprint density at radius 2 is 1.57 bits per heavy atom. The van der Waals surface area contributed by atoms with Gasteiger partial charge in [-0.1, -0.05) is 56.9 Å². The number of anilines is 1. The van der Waals surface area contributed by atoms with Crippen molar-refractivity contribution in [1.82, 2.24) is 29.9 Å². The van der Waals surface area contributed by atoms with Gasteiger partial charge in [0.25, 0.3) is 5.91 Å². The van der Waals surface area contributed by atoms with Crippen LogP contribution in [0.4, 0.5) is 5.95 Å². The van der Waals surface area contributed by atoms with Crippen LogP contribution < -0.4 is 11.1 Å². The molecule has 2 aromatic heterocycles. The van der Waals surface area contributed by atoms with Crippen molar-refractivity contribution >= 4 is 24.3 Å². The summed E-state index contributed by atoms with van der Waals surface area (Å²) in [5.74, 6) is 0.578. The number of unbranched alkanes of at least 4 members (excludes halogenated alkanes) is 5. The van der Waals surface area contributed by atoms with Gasteiger partial charge in [0.05, 0.1) is 17.9 Å². The Bertz CT molecular complexity index is 1050. The van der Waals surface area contributed by atoms with Crippen LogP contribution in [0.3, 0.4) is 0 Å². The Labute approximate surface area is 227 Å². The van der Waals surface area contributed by atoms with Gasteiger partial charge in [0.1, 0.15) is 0 Å². The molecule has 8 nitrogen and oxygen atoms in total. The Morgan fingerprint density at radius 1 is 0.865 bits per heavy atom. The molecule has 3 N–H and O–H groups in total. The molecule has 9 heteroatoms. The van der Waals surface area contributed by atoms with Gasteiger partial charge in [-0.15, -0.1) is 17.5 Å². The van der Waals surface area contributed by atoms with Crippen LogP contribution in [0.1, 0.15) is 92.5 Å². The molecular weight excluding hydrogens is 486 g/mol. The van der Waals surface area contributed by atoms with Crippen molar-refractivity contribution in [2.45, 2.75) is 97.6 Å². The average molecular weight is 530 g/mol. The van der Waals surface area contributed by atoms with Gasteiger partial charge in [0.2, 0.25) is 0 Å². The monoisotopic (exact) mass is 529 g/mol. The van der Waals surface area contributed by atoms with Gasteiger partial charge in [0, 0.05) is 31.0 Å². The Hall–Kier alpha value is -2.87. The van der Waals surface area contributed by atoms with E-state index >= 15 is 0 Å². The molecule has 0 atom stereocenters. The molecule has 0 spiro atoms. The van der Waals surface area contributed by atoms with Gasteiger partial charge in [0.15, 0.2) is 5.95 Å². The van der Waals surface area contributed by atoms with Crippen LogP contribution in [0.5, 0.6) is 0 Å². The van der Waals surface area contributed by atoms with E-state index in [0.717, 1.165) is 69.3 Å². The minimum absolute atomic E-state index is 0. The number of hydrogen-bond donors (Lipinski definition) is 2. The molecule has 204 valence electrons. The first kappa shape index (κ1) is 30.4. The predicted octanol–water partition coefficient (Wildman–Crippen LogP) is 5.40. The summed E-state index contributed by atoms with van der Waals surface area (Å²) in [4.78, 5) is 16.9. The lowest BCUT2D eigenvalue weighted by atomic mass is 10.1. The second kappa shape index (κ2) is 16.8. The number of amides is 1. The van der Waals surface area contributed by atoms with Gasteiger partial charge >= 0.3 is 0 Å². The SMILES string of the molecule is CCCCCc1ccc(C(=O)NCCn2cc(CCCCCc3cn(CCCC)c(N)n3)nn2)cc1.Cl. The van der Waals surface area contributed by atoms with Crippen molar-refractivity contribution < 1.29 is 4.79 Å². The number of aryl methyl sites for hydroxylation is 4. The van der Waals surface area contributed by atoms with E-state index in [9.17, 15) is 4.79 Å². The molecular formula is C28H44ClN7O. The molecule has 0 aliphatic heterocycles. The van der Waals surface area contributed by atoms with Gasteiger partial charge in [-0.05, 0) is 62.6 Å². The zero-order valence-electron chi connectivity index (χ0n) is 22.5. The van der Waals surface area contributed by atoms with E-state index in [1.807, 2.05) is 18.3 Å².